The first-order valence-corrected chi connectivity index (χ1v) is 16.1. The van der Waals surface area contributed by atoms with E-state index in [9.17, 15) is 0 Å². The summed E-state index contributed by atoms with van der Waals surface area (Å²) in [5, 5.41) is 0. The summed E-state index contributed by atoms with van der Waals surface area (Å²) in [6, 6.07) is 10.3. The second-order valence-electron chi connectivity index (χ2n) is 10.1. The number of hydrogen-bond acceptors (Lipinski definition) is 2. The minimum Gasteiger partial charge on any atom is -0.236 e. The van der Waals surface area contributed by atoms with E-state index < -0.39 is 8.07 Å². The van der Waals surface area contributed by atoms with Gasteiger partial charge in [-0.25, -0.2) is 9.97 Å². The highest BCUT2D eigenvalue weighted by Gasteiger charge is 2.11. The van der Waals surface area contributed by atoms with Gasteiger partial charge in [0.2, 0.25) is 0 Å². The fourth-order valence-electron chi connectivity index (χ4n) is 3.95. The van der Waals surface area contributed by atoms with Gasteiger partial charge in [-0.05, 0) is 42.9 Å². The van der Waals surface area contributed by atoms with Crippen LogP contribution in [-0.4, -0.2) is 18.0 Å². The molecule has 2 aromatic rings. The van der Waals surface area contributed by atoms with Crippen LogP contribution in [-0.2, 0) is 12.8 Å². The van der Waals surface area contributed by atoms with Gasteiger partial charge in [0.25, 0.3) is 0 Å². The lowest BCUT2D eigenvalue weighted by Crippen LogP contribution is -2.18. The molecular formula is C27H44N2Si. The van der Waals surface area contributed by atoms with Crippen molar-refractivity contribution >= 4 is 8.07 Å². The summed E-state index contributed by atoms with van der Waals surface area (Å²) in [5.41, 5.74) is 3.83. The highest BCUT2D eigenvalue weighted by atomic mass is 28.3. The molecule has 2 nitrogen and oxygen atoms in total. The van der Waals surface area contributed by atoms with Gasteiger partial charge >= 0.3 is 0 Å². The molecule has 1 heterocycles. The zero-order valence-electron chi connectivity index (χ0n) is 20.1. The fourth-order valence-corrected chi connectivity index (χ4v) is 5.26. The lowest BCUT2D eigenvalue weighted by atomic mass is 10.0. The van der Waals surface area contributed by atoms with Crippen molar-refractivity contribution in [3.63, 3.8) is 0 Å². The molecule has 0 aliphatic rings. The average Bonchev–Trinajstić information content (AvgIpc) is 2.73. The zero-order valence-corrected chi connectivity index (χ0v) is 21.1. The molecule has 1 aromatic carbocycles. The number of nitrogens with zero attached hydrogens (tertiary/aromatic N) is 2. The number of hydrogen-bond donors (Lipinski definition) is 0. The van der Waals surface area contributed by atoms with Crippen LogP contribution in [0.1, 0.15) is 82.3 Å². The summed E-state index contributed by atoms with van der Waals surface area (Å²) < 4.78 is 0. The Morgan fingerprint density at radius 2 is 1.30 bits per heavy atom. The van der Waals surface area contributed by atoms with Crippen molar-refractivity contribution in [1.82, 2.24) is 9.97 Å². The van der Waals surface area contributed by atoms with Crippen molar-refractivity contribution < 1.29 is 0 Å². The minimum absolute atomic E-state index is 0.859. The van der Waals surface area contributed by atoms with E-state index >= 15 is 0 Å². The summed E-state index contributed by atoms with van der Waals surface area (Å²) in [6.07, 6.45) is 19.7. The first kappa shape index (κ1) is 24.8. The average molecular weight is 425 g/mol. The van der Waals surface area contributed by atoms with Gasteiger partial charge in [-0.3, -0.25) is 0 Å². The van der Waals surface area contributed by atoms with Gasteiger partial charge in [-0.2, -0.15) is 0 Å². The molecular weight excluding hydrogens is 380 g/mol. The lowest BCUT2D eigenvalue weighted by molar-refractivity contribution is 0.607. The Morgan fingerprint density at radius 1 is 0.700 bits per heavy atom. The molecule has 0 bridgehead atoms. The number of unbranched alkanes of at least 4 members (excludes halogenated alkanes) is 8. The summed E-state index contributed by atoms with van der Waals surface area (Å²) >= 11 is 0. The van der Waals surface area contributed by atoms with Crippen molar-refractivity contribution in [2.45, 2.75) is 110 Å². The largest absolute Gasteiger partial charge is 0.236 e. The normalized spacial score (nSPS) is 11.7. The molecule has 2 rings (SSSR count). The van der Waals surface area contributed by atoms with Crippen LogP contribution in [0.3, 0.4) is 0 Å². The second kappa shape index (κ2) is 13.7. The molecule has 0 saturated carbocycles. The monoisotopic (exact) mass is 424 g/mol. The zero-order chi connectivity index (χ0) is 21.7. The van der Waals surface area contributed by atoms with Crippen molar-refractivity contribution in [1.29, 1.82) is 0 Å². The molecule has 0 N–H and O–H groups in total. The van der Waals surface area contributed by atoms with Crippen LogP contribution in [0.25, 0.3) is 11.4 Å². The van der Waals surface area contributed by atoms with Gasteiger partial charge in [-0.1, -0.05) is 102 Å². The van der Waals surface area contributed by atoms with Crippen LogP contribution in [0.4, 0.5) is 0 Å². The van der Waals surface area contributed by atoms with Crippen LogP contribution in [0.2, 0.25) is 25.7 Å². The van der Waals surface area contributed by atoms with E-state index in [1.165, 1.54) is 81.4 Å². The van der Waals surface area contributed by atoms with Gasteiger partial charge in [0.1, 0.15) is 0 Å². The predicted molar refractivity (Wildman–Crippen MR) is 135 cm³/mol. The van der Waals surface area contributed by atoms with E-state index in [0.717, 1.165) is 24.2 Å². The smallest absolute Gasteiger partial charge is 0.159 e. The molecule has 0 unspecified atom stereocenters. The van der Waals surface area contributed by atoms with Gasteiger partial charge < -0.3 is 0 Å². The van der Waals surface area contributed by atoms with E-state index in [1.807, 2.05) is 12.4 Å². The molecule has 30 heavy (non-hydrogen) atoms. The molecule has 0 saturated heterocycles. The Bertz CT molecular complexity index is 704. The molecule has 0 spiro atoms. The van der Waals surface area contributed by atoms with E-state index in [1.54, 1.807) is 0 Å². The summed E-state index contributed by atoms with van der Waals surface area (Å²) in [4.78, 5) is 9.31. The summed E-state index contributed by atoms with van der Waals surface area (Å²) in [7, 11) is -0.859. The third-order valence-corrected chi connectivity index (χ3v) is 7.71. The molecule has 3 heteroatoms. The molecule has 0 fully saturated rings. The van der Waals surface area contributed by atoms with Crippen molar-refractivity contribution in [2.75, 3.05) is 0 Å². The molecule has 166 valence electrons. The summed E-state index contributed by atoms with van der Waals surface area (Å²) in [6.45, 7) is 9.69. The molecule has 0 radical (unpaired) electrons. The third kappa shape index (κ3) is 10.5. The number of rotatable bonds is 15. The number of benzene rings is 1. The molecule has 1 aromatic heterocycles. The first-order valence-electron chi connectivity index (χ1n) is 12.4. The van der Waals surface area contributed by atoms with Gasteiger partial charge in [-0.15, -0.1) is 0 Å². The maximum absolute atomic E-state index is 4.65. The van der Waals surface area contributed by atoms with Crippen molar-refractivity contribution in [3.05, 3.63) is 47.8 Å². The van der Waals surface area contributed by atoms with E-state index in [4.69, 9.17) is 0 Å². The predicted octanol–water partition coefficient (Wildman–Crippen LogP) is 8.49. The quantitative estimate of drug-likeness (QED) is 0.211. The molecule has 0 atom stereocenters. The SMILES string of the molecule is CCCCCCCCc1cnc(-c2cccc(CCCCCC[Si](C)(C)C)c2)nc1. The van der Waals surface area contributed by atoms with Gasteiger partial charge in [0, 0.05) is 26.0 Å². The van der Waals surface area contributed by atoms with Gasteiger partial charge in [0.15, 0.2) is 5.82 Å². The first-order chi connectivity index (χ1) is 14.5. The second-order valence-corrected chi connectivity index (χ2v) is 15.7. The van der Waals surface area contributed by atoms with Crippen LogP contribution in [0.15, 0.2) is 36.7 Å². The van der Waals surface area contributed by atoms with Crippen LogP contribution < -0.4 is 0 Å². The number of aryl methyl sites for hydroxylation is 2. The molecule has 0 aliphatic heterocycles. The highest BCUT2D eigenvalue weighted by Crippen LogP contribution is 2.19. The van der Waals surface area contributed by atoms with Crippen molar-refractivity contribution in [2.24, 2.45) is 0 Å². The highest BCUT2D eigenvalue weighted by molar-refractivity contribution is 6.76. The lowest BCUT2D eigenvalue weighted by Gasteiger charge is -2.14. The molecule has 0 amide bonds. The standard InChI is InChI=1S/C27H44N2Si/c1-5-6-7-8-9-13-17-25-22-28-27(29-23-25)26-19-15-18-24(21-26)16-12-10-11-14-20-30(2,3)4/h15,18-19,21-23H,5-14,16-17,20H2,1-4H3. The topological polar surface area (TPSA) is 25.8 Å². The maximum Gasteiger partial charge on any atom is 0.159 e. The third-order valence-electron chi connectivity index (χ3n) is 5.85. The number of aromatic nitrogens is 2. The van der Waals surface area contributed by atoms with Gasteiger partial charge in [0.05, 0.1) is 0 Å². The van der Waals surface area contributed by atoms with E-state index in [2.05, 4.69) is 60.8 Å². The summed E-state index contributed by atoms with van der Waals surface area (Å²) in [5.74, 6) is 0.860. The Labute approximate surface area is 187 Å². The Balaban J connectivity index is 1.74. The Kier molecular flexibility index (Phi) is 11.4. The van der Waals surface area contributed by atoms with Crippen molar-refractivity contribution in [3.8, 4) is 11.4 Å². The minimum atomic E-state index is -0.859. The Hall–Kier alpha value is -1.48. The Morgan fingerprint density at radius 3 is 1.97 bits per heavy atom. The fraction of sp³-hybridized carbons (Fsp3) is 0.630. The molecule has 0 aliphatic carbocycles. The maximum atomic E-state index is 4.65. The van der Waals surface area contributed by atoms with Crippen LogP contribution in [0, 0.1) is 0 Å². The van der Waals surface area contributed by atoms with Crippen LogP contribution in [0.5, 0.6) is 0 Å². The van der Waals surface area contributed by atoms with E-state index in [-0.39, 0.29) is 0 Å². The van der Waals surface area contributed by atoms with Crippen LogP contribution >= 0.6 is 0 Å². The van der Waals surface area contributed by atoms with E-state index in [0.29, 0.717) is 0 Å².